The summed E-state index contributed by atoms with van der Waals surface area (Å²) in [5.41, 5.74) is 1.74. The molecular formula is C23H22N2O5S. The number of hydrogen-bond acceptors (Lipinski definition) is 7. The van der Waals surface area contributed by atoms with Crippen molar-refractivity contribution in [3.63, 3.8) is 0 Å². The number of anilines is 1. The van der Waals surface area contributed by atoms with E-state index in [0.29, 0.717) is 22.0 Å². The van der Waals surface area contributed by atoms with Crippen LogP contribution in [0, 0.1) is 17.2 Å². The van der Waals surface area contributed by atoms with Gasteiger partial charge in [0.25, 0.3) is 5.91 Å². The van der Waals surface area contributed by atoms with Gasteiger partial charge in [0.1, 0.15) is 16.6 Å². The van der Waals surface area contributed by atoms with E-state index in [1.54, 1.807) is 30.3 Å². The van der Waals surface area contributed by atoms with Gasteiger partial charge in [-0.3, -0.25) is 4.79 Å². The molecule has 31 heavy (non-hydrogen) atoms. The molecule has 0 aliphatic heterocycles. The molecule has 1 aromatic heterocycles. The summed E-state index contributed by atoms with van der Waals surface area (Å²) in [7, 11) is 1.30. The van der Waals surface area contributed by atoms with E-state index < -0.39 is 24.5 Å². The summed E-state index contributed by atoms with van der Waals surface area (Å²) in [6.07, 6.45) is 3.94. The number of ether oxygens (including phenoxy) is 2. The zero-order chi connectivity index (χ0) is 22.4. The van der Waals surface area contributed by atoms with Crippen LogP contribution >= 0.6 is 11.3 Å². The van der Waals surface area contributed by atoms with Crippen LogP contribution in [0.25, 0.3) is 6.08 Å². The summed E-state index contributed by atoms with van der Waals surface area (Å²) in [4.78, 5) is 37.9. The first-order valence-electron chi connectivity index (χ1n) is 9.79. The van der Waals surface area contributed by atoms with Gasteiger partial charge < -0.3 is 14.8 Å². The second kappa shape index (κ2) is 10.0. The van der Waals surface area contributed by atoms with Crippen LogP contribution in [0.5, 0.6) is 0 Å². The lowest BCUT2D eigenvalue weighted by Gasteiger charge is -2.18. The van der Waals surface area contributed by atoms with Crippen molar-refractivity contribution >= 4 is 40.3 Å². The lowest BCUT2D eigenvalue weighted by atomic mass is 9.88. The van der Waals surface area contributed by atoms with E-state index in [-0.39, 0.29) is 5.57 Å². The zero-order valence-corrected chi connectivity index (χ0v) is 18.1. The Labute approximate surface area is 184 Å². The minimum atomic E-state index is -0.894. The lowest BCUT2D eigenvalue weighted by Crippen LogP contribution is -2.22. The van der Waals surface area contributed by atoms with Gasteiger partial charge in [-0.1, -0.05) is 37.3 Å². The second-order valence-electron chi connectivity index (χ2n) is 7.25. The predicted octanol–water partition coefficient (Wildman–Crippen LogP) is 3.75. The van der Waals surface area contributed by atoms with Gasteiger partial charge >= 0.3 is 11.9 Å². The van der Waals surface area contributed by atoms with E-state index in [2.05, 4.69) is 12.2 Å². The number of benzene rings is 1. The van der Waals surface area contributed by atoms with Crippen molar-refractivity contribution in [3.8, 4) is 6.07 Å². The number of rotatable bonds is 6. The number of esters is 2. The van der Waals surface area contributed by atoms with Crippen LogP contribution in [-0.2, 0) is 31.9 Å². The van der Waals surface area contributed by atoms with Gasteiger partial charge in [0.05, 0.1) is 12.7 Å². The standard InChI is InChI=1S/C23H22N2O5S/c1-14-8-9-17-18(10-14)31-21(20(17)23(28)29-2)25-19(26)13-30-22(27)16(12-24)11-15-6-4-3-5-7-15/h3-7,11,14H,8-10,13H2,1-2H3,(H,25,26). The summed E-state index contributed by atoms with van der Waals surface area (Å²) in [5, 5.41) is 12.3. The Hall–Kier alpha value is -3.44. The molecule has 0 fully saturated rings. The number of carbonyl (C=O) groups is 3. The Morgan fingerprint density at radius 2 is 2.03 bits per heavy atom. The first kappa shape index (κ1) is 22.2. The molecule has 1 aliphatic rings. The van der Waals surface area contributed by atoms with Crippen LogP contribution in [0.4, 0.5) is 5.00 Å². The van der Waals surface area contributed by atoms with E-state index in [1.165, 1.54) is 24.5 Å². The maximum Gasteiger partial charge on any atom is 0.349 e. The number of amides is 1. The highest BCUT2D eigenvalue weighted by Crippen LogP contribution is 2.40. The predicted molar refractivity (Wildman–Crippen MR) is 116 cm³/mol. The van der Waals surface area contributed by atoms with Crippen LogP contribution in [0.1, 0.15) is 39.7 Å². The SMILES string of the molecule is COC(=O)c1c(NC(=O)COC(=O)C(C#N)=Cc2ccccc2)sc2c1CCC(C)C2. The Balaban J connectivity index is 1.68. The molecule has 1 aromatic carbocycles. The fraction of sp³-hybridized carbons (Fsp3) is 0.304. The van der Waals surface area contributed by atoms with Crippen molar-refractivity contribution in [2.45, 2.75) is 26.2 Å². The van der Waals surface area contributed by atoms with Crippen molar-refractivity contribution < 1.29 is 23.9 Å². The molecule has 3 rings (SSSR count). The third-order valence-electron chi connectivity index (χ3n) is 4.94. The van der Waals surface area contributed by atoms with Crippen LogP contribution in [0.3, 0.4) is 0 Å². The Morgan fingerprint density at radius 3 is 2.71 bits per heavy atom. The van der Waals surface area contributed by atoms with E-state index in [4.69, 9.17) is 9.47 Å². The van der Waals surface area contributed by atoms with E-state index in [0.717, 1.165) is 29.7 Å². The number of nitriles is 1. The average molecular weight is 439 g/mol. The number of fused-ring (bicyclic) bond motifs is 1. The van der Waals surface area contributed by atoms with Crippen molar-refractivity contribution in [1.82, 2.24) is 0 Å². The quantitative estimate of drug-likeness (QED) is 0.418. The number of nitrogens with zero attached hydrogens (tertiary/aromatic N) is 1. The van der Waals surface area contributed by atoms with Gasteiger partial charge in [0, 0.05) is 4.88 Å². The fourth-order valence-electron chi connectivity index (χ4n) is 3.38. The fourth-order valence-corrected chi connectivity index (χ4v) is 4.80. The molecule has 0 saturated heterocycles. The first-order chi connectivity index (χ1) is 14.9. The molecule has 1 atom stereocenters. The molecule has 0 spiro atoms. The molecule has 1 aliphatic carbocycles. The highest BCUT2D eigenvalue weighted by molar-refractivity contribution is 7.17. The molecule has 0 radical (unpaired) electrons. The Bertz CT molecular complexity index is 1070. The molecule has 1 N–H and O–H groups in total. The summed E-state index contributed by atoms with van der Waals surface area (Å²) in [6.45, 7) is 1.57. The third-order valence-corrected chi connectivity index (χ3v) is 6.11. The summed E-state index contributed by atoms with van der Waals surface area (Å²) < 4.78 is 9.89. The molecule has 0 saturated carbocycles. The highest BCUT2D eigenvalue weighted by atomic mass is 32.1. The van der Waals surface area contributed by atoms with Gasteiger partial charge in [-0.15, -0.1) is 11.3 Å². The van der Waals surface area contributed by atoms with Gasteiger partial charge in [-0.25, -0.2) is 9.59 Å². The van der Waals surface area contributed by atoms with Crippen molar-refractivity contribution in [2.24, 2.45) is 5.92 Å². The van der Waals surface area contributed by atoms with Crippen LogP contribution in [0.15, 0.2) is 35.9 Å². The van der Waals surface area contributed by atoms with Gasteiger partial charge in [0.15, 0.2) is 6.61 Å². The summed E-state index contributed by atoms with van der Waals surface area (Å²) in [6, 6.07) is 10.6. The summed E-state index contributed by atoms with van der Waals surface area (Å²) in [5.74, 6) is -1.49. The highest BCUT2D eigenvalue weighted by Gasteiger charge is 2.29. The minimum absolute atomic E-state index is 0.213. The van der Waals surface area contributed by atoms with Crippen molar-refractivity contribution in [2.75, 3.05) is 19.0 Å². The van der Waals surface area contributed by atoms with E-state index >= 15 is 0 Å². The smallest absolute Gasteiger partial charge is 0.349 e. The largest absolute Gasteiger partial charge is 0.465 e. The number of methoxy groups -OCH3 is 1. The third kappa shape index (κ3) is 5.38. The average Bonchev–Trinajstić information content (AvgIpc) is 3.12. The zero-order valence-electron chi connectivity index (χ0n) is 17.3. The van der Waals surface area contributed by atoms with Gasteiger partial charge in [-0.05, 0) is 42.4 Å². The Morgan fingerprint density at radius 1 is 1.29 bits per heavy atom. The number of nitrogens with one attached hydrogen (secondary N) is 1. The normalized spacial score (nSPS) is 15.4. The van der Waals surface area contributed by atoms with E-state index in [9.17, 15) is 19.6 Å². The lowest BCUT2D eigenvalue weighted by molar-refractivity contribution is -0.142. The molecule has 2 aromatic rings. The van der Waals surface area contributed by atoms with Crippen LogP contribution < -0.4 is 5.32 Å². The summed E-state index contributed by atoms with van der Waals surface area (Å²) >= 11 is 1.35. The van der Waals surface area contributed by atoms with Gasteiger partial charge in [0.2, 0.25) is 0 Å². The molecule has 1 heterocycles. The monoisotopic (exact) mass is 438 g/mol. The molecular weight excluding hydrogens is 416 g/mol. The van der Waals surface area contributed by atoms with Crippen LogP contribution in [0.2, 0.25) is 0 Å². The maximum absolute atomic E-state index is 12.4. The molecule has 160 valence electrons. The molecule has 7 nitrogen and oxygen atoms in total. The van der Waals surface area contributed by atoms with E-state index in [1.807, 2.05) is 6.07 Å². The Kier molecular flexibility index (Phi) is 7.21. The minimum Gasteiger partial charge on any atom is -0.465 e. The topological polar surface area (TPSA) is 105 Å². The second-order valence-corrected chi connectivity index (χ2v) is 8.36. The van der Waals surface area contributed by atoms with Gasteiger partial charge in [-0.2, -0.15) is 5.26 Å². The van der Waals surface area contributed by atoms with Crippen LogP contribution in [-0.4, -0.2) is 31.6 Å². The number of carbonyl (C=O) groups excluding carboxylic acids is 3. The van der Waals surface area contributed by atoms with Crippen molar-refractivity contribution in [3.05, 3.63) is 57.5 Å². The molecule has 8 heteroatoms. The molecule has 1 unspecified atom stereocenters. The maximum atomic E-state index is 12.4. The number of hydrogen-bond donors (Lipinski definition) is 1. The number of thiophene rings is 1. The van der Waals surface area contributed by atoms with Crippen molar-refractivity contribution in [1.29, 1.82) is 5.26 Å². The molecule has 1 amide bonds. The molecule has 0 bridgehead atoms. The first-order valence-corrected chi connectivity index (χ1v) is 10.6.